The van der Waals surface area contributed by atoms with Crippen molar-refractivity contribution in [2.45, 2.75) is 24.8 Å². The van der Waals surface area contributed by atoms with Gasteiger partial charge in [-0.1, -0.05) is 17.7 Å². The number of ketones is 1. The second-order valence-corrected chi connectivity index (χ2v) is 9.42. The molecular weight excluding hydrogens is 452 g/mol. The van der Waals surface area contributed by atoms with Gasteiger partial charge in [-0.25, -0.2) is 23.4 Å². The third-order valence-corrected chi connectivity index (χ3v) is 6.41. The number of fused-ring (bicyclic) bond motifs is 1. The van der Waals surface area contributed by atoms with E-state index in [0.29, 0.717) is 16.1 Å². The number of nitrogen functional groups attached to an aromatic ring is 1. The van der Waals surface area contributed by atoms with Crippen molar-refractivity contribution in [1.82, 2.24) is 19.5 Å². The molecule has 1 aromatic carbocycles. The van der Waals surface area contributed by atoms with Gasteiger partial charge in [0.15, 0.2) is 0 Å². The van der Waals surface area contributed by atoms with Crippen LogP contribution in [0.15, 0.2) is 59.9 Å². The summed E-state index contributed by atoms with van der Waals surface area (Å²) in [5.74, 6) is -0.247. The Labute approximate surface area is 189 Å². The molecular formula is C21H19ClN6O3S. The van der Waals surface area contributed by atoms with Crippen LogP contribution in [0.5, 0.6) is 0 Å². The first-order valence-electron chi connectivity index (χ1n) is 9.58. The largest absolute Gasteiger partial charge is 0.383 e. The number of carbonyl (C=O) groups is 1. The van der Waals surface area contributed by atoms with E-state index in [-0.39, 0.29) is 33.8 Å². The van der Waals surface area contributed by atoms with Crippen molar-refractivity contribution in [3.05, 3.63) is 71.3 Å². The summed E-state index contributed by atoms with van der Waals surface area (Å²) >= 11 is 5.82. The number of nitrogens with zero attached hydrogens (tertiary/aromatic N) is 4. The highest BCUT2D eigenvalue weighted by Crippen LogP contribution is 2.28. The second kappa shape index (κ2) is 8.21. The molecule has 4 rings (SSSR count). The normalized spacial score (nSPS) is 11.8. The van der Waals surface area contributed by atoms with Gasteiger partial charge < -0.3 is 10.3 Å². The Hall–Kier alpha value is -3.50. The summed E-state index contributed by atoms with van der Waals surface area (Å²) in [7, 11) is -3.91. The van der Waals surface area contributed by atoms with Gasteiger partial charge in [-0.05, 0) is 50.2 Å². The molecule has 3 aromatic heterocycles. The molecule has 3 N–H and O–H groups in total. The number of nitrogens with one attached hydrogen (secondary N) is 1. The van der Waals surface area contributed by atoms with E-state index in [4.69, 9.17) is 17.3 Å². The average molecular weight is 471 g/mol. The molecule has 0 unspecified atom stereocenters. The van der Waals surface area contributed by atoms with Crippen LogP contribution in [-0.2, 0) is 10.0 Å². The van der Waals surface area contributed by atoms with Gasteiger partial charge in [0.1, 0.15) is 29.3 Å². The zero-order valence-corrected chi connectivity index (χ0v) is 18.7. The fourth-order valence-electron chi connectivity index (χ4n) is 3.24. The van der Waals surface area contributed by atoms with Gasteiger partial charge in [-0.2, -0.15) is 0 Å². The van der Waals surface area contributed by atoms with E-state index >= 15 is 0 Å². The monoisotopic (exact) mass is 470 g/mol. The van der Waals surface area contributed by atoms with Crippen LogP contribution >= 0.6 is 11.6 Å². The fourth-order valence-corrected chi connectivity index (χ4v) is 4.37. The number of sulfonamides is 1. The van der Waals surface area contributed by atoms with E-state index < -0.39 is 15.8 Å². The zero-order chi connectivity index (χ0) is 23.0. The van der Waals surface area contributed by atoms with Crippen molar-refractivity contribution in [3.8, 4) is 0 Å². The summed E-state index contributed by atoms with van der Waals surface area (Å²) in [4.78, 5) is 25.8. The van der Waals surface area contributed by atoms with E-state index in [2.05, 4.69) is 19.7 Å². The molecule has 11 heteroatoms. The summed E-state index contributed by atoms with van der Waals surface area (Å²) in [6.45, 7) is 3.91. The number of hydrogen-bond donors (Lipinski definition) is 2. The maximum absolute atomic E-state index is 13.3. The van der Waals surface area contributed by atoms with Crippen molar-refractivity contribution in [2.75, 3.05) is 10.5 Å². The standard InChI is InChI=1S/C21H19ClN6O3S/c1-12(2)28-10-15(18-20(23)24-11-25-21(18)28)19(29)16-4-3-5-17(26-16)27-32(30,31)14-8-6-13(22)7-9-14/h3-12H,1-2H3,(H,26,27)(H2,23,24,25). The van der Waals surface area contributed by atoms with E-state index in [0.717, 1.165) is 0 Å². The number of hydrogen-bond acceptors (Lipinski definition) is 7. The lowest BCUT2D eigenvalue weighted by molar-refractivity contribution is 0.103. The minimum atomic E-state index is -3.91. The van der Waals surface area contributed by atoms with Crippen molar-refractivity contribution >= 4 is 50.1 Å². The molecule has 0 spiro atoms. The van der Waals surface area contributed by atoms with Crippen LogP contribution in [0, 0.1) is 0 Å². The van der Waals surface area contributed by atoms with Gasteiger partial charge in [0.25, 0.3) is 10.0 Å². The predicted molar refractivity (Wildman–Crippen MR) is 122 cm³/mol. The molecule has 0 fully saturated rings. The van der Waals surface area contributed by atoms with Crippen LogP contribution in [-0.4, -0.2) is 33.7 Å². The van der Waals surface area contributed by atoms with E-state index in [1.165, 1.54) is 42.7 Å². The molecule has 0 saturated carbocycles. The molecule has 32 heavy (non-hydrogen) atoms. The first-order chi connectivity index (χ1) is 15.2. The van der Waals surface area contributed by atoms with Crippen molar-refractivity contribution < 1.29 is 13.2 Å². The van der Waals surface area contributed by atoms with E-state index in [1.807, 2.05) is 18.4 Å². The van der Waals surface area contributed by atoms with Gasteiger partial charge in [0.2, 0.25) is 5.78 Å². The summed E-state index contributed by atoms with van der Waals surface area (Å²) in [5.41, 5.74) is 6.91. The summed E-state index contributed by atoms with van der Waals surface area (Å²) in [6, 6.07) is 10.2. The van der Waals surface area contributed by atoms with Gasteiger partial charge in [-0.3, -0.25) is 9.52 Å². The smallest absolute Gasteiger partial charge is 0.263 e. The van der Waals surface area contributed by atoms with E-state index in [1.54, 1.807) is 12.3 Å². The first kappa shape index (κ1) is 21.7. The topological polar surface area (TPSA) is 133 Å². The molecule has 3 heterocycles. The number of aromatic nitrogens is 4. The Balaban J connectivity index is 1.71. The Kier molecular flexibility index (Phi) is 5.57. The number of pyridine rings is 1. The molecule has 0 saturated heterocycles. The maximum Gasteiger partial charge on any atom is 0.263 e. The molecule has 0 aliphatic heterocycles. The van der Waals surface area contributed by atoms with Crippen LogP contribution in [0.25, 0.3) is 11.0 Å². The minimum Gasteiger partial charge on any atom is -0.383 e. The number of anilines is 2. The number of nitrogens with two attached hydrogens (primary N) is 1. The molecule has 0 aliphatic rings. The lowest BCUT2D eigenvalue weighted by Gasteiger charge is -2.08. The minimum absolute atomic E-state index is 0.00243. The number of halogens is 1. The highest BCUT2D eigenvalue weighted by atomic mass is 35.5. The van der Waals surface area contributed by atoms with Crippen LogP contribution in [0.1, 0.15) is 35.9 Å². The molecule has 9 nitrogen and oxygen atoms in total. The molecule has 0 aliphatic carbocycles. The average Bonchev–Trinajstić information content (AvgIpc) is 3.15. The van der Waals surface area contributed by atoms with Crippen molar-refractivity contribution in [3.63, 3.8) is 0 Å². The van der Waals surface area contributed by atoms with E-state index in [9.17, 15) is 13.2 Å². The lowest BCUT2D eigenvalue weighted by Crippen LogP contribution is -2.15. The Morgan fingerprint density at radius 1 is 1.12 bits per heavy atom. The van der Waals surface area contributed by atoms with Crippen LogP contribution in [0.4, 0.5) is 11.6 Å². The third kappa shape index (κ3) is 4.02. The maximum atomic E-state index is 13.3. The Bertz CT molecular complexity index is 1430. The molecule has 0 atom stereocenters. The summed E-state index contributed by atoms with van der Waals surface area (Å²) in [5, 5.41) is 0.846. The van der Waals surface area contributed by atoms with Crippen LogP contribution in [0.3, 0.4) is 0 Å². The summed E-state index contributed by atoms with van der Waals surface area (Å²) in [6.07, 6.45) is 3.00. The Morgan fingerprint density at radius 2 is 1.84 bits per heavy atom. The molecule has 164 valence electrons. The molecule has 0 bridgehead atoms. The third-order valence-electron chi connectivity index (χ3n) is 4.78. The molecule has 0 amide bonds. The van der Waals surface area contributed by atoms with Gasteiger partial charge in [-0.15, -0.1) is 0 Å². The predicted octanol–water partition coefficient (Wildman–Crippen LogP) is 3.67. The quantitative estimate of drug-likeness (QED) is 0.410. The van der Waals surface area contributed by atoms with Crippen molar-refractivity contribution in [2.24, 2.45) is 0 Å². The lowest BCUT2D eigenvalue weighted by atomic mass is 10.1. The Morgan fingerprint density at radius 3 is 2.53 bits per heavy atom. The van der Waals surface area contributed by atoms with Gasteiger partial charge in [0, 0.05) is 17.3 Å². The van der Waals surface area contributed by atoms with Gasteiger partial charge >= 0.3 is 0 Å². The van der Waals surface area contributed by atoms with Gasteiger partial charge in [0.05, 0.1) is 15.8 Å². The van der Waals surface area contributed by atoms with Crippen LogP contribution in [0.2, 0.25) is 5.02 Å². The number of rotatable bonds is 6. The number of benzene rings is 1. The molecule has 0 radical (unpaired) electrons. The zero-order valence-electron chi connectivity index (χ0n) is 17.2. The second-order valence-electron chi connectivity index (χ2n) is 7.30. The van der Waals surface area contributed by atoms with Crippen molar-refractivity contribution in [1.29, 1.82) is 0 Å². The fraction of sp³-hybridized carbons (Fsp3) is 0.143. The highest BCUT2D eigenvalue weighted by molar-refractivity contribution is 7.92. The summed E-state index contributed by atoms with van der Waals surface area (Å²) < 4.78 is 29.5. The molecule has 4 aromatic rings. The SMILES string of the molecule is CC(C)n1cc(C(=O)c2cccc(NS(=O)(=O)c3ccc(Cl)cc3)n2)c2c(N)ncnc21. The number of carbonyl (C=O) groups excluding carboxylic acids is 1. The first-order valence-corrected chi connectivity index (χ1v) is 11.4. The van der Waals surface area contributed by atoms with Crippen LogP contribution < -0.4 is 10.5 Å². The highest BCUT2D eigenvalue weighted by Gasteiger charge is 2.23.